The Balaban J connectivity index is 3.18. The summed E-state index contributed by atoms with van der Waals surface area (Å²) in [5.74, 6) is -0.324. The van der Waals surface area contributed by atoms with Gasteiger partial charge in [-0.1, -0.05) is 13.2 Å². The van der Waals surface area contributed by atoms with Crippen LogP contribution in [0.2, 0.25) is 0 Å². The van der Waals surface area contributed by atoms with Crippen LogP contribution in [-0.4, -0.2) is 13.1 Å². The fourth-order valence-corrected chi connectivity index (χ4v) is 1.49. The Morgan fingerprint density at radius 2 is 2.27 bits per heavy atom. The third-order valence-electron chi connectivity index (χ3n) is 1.28. The molecule has 0 aromatic carbocycles. The van der Waals surface area contributed by atoms with E-state index >= 15 is 0 Å². The van der Waals surface area contributed by atoms with E-state index in [4.69, 9.17) is 0 Å². The van der Waals surface area contributed by atoms with E-state index < -0.39 is 0 Å². The molecule has 0 aliphatic rings. The Morgan fingerprint density at radius 3 is 2.64 bits per heavy atom. The molecule has 11 heavy (non-hydrogen) atoms. The number of thiophene rings is 1. The monoisotopic (exact) mass is 168 g/mol. The highest BCUT2D eigenvalue weighted by atomic mass is 32.1. The lowest BCUT2D eigenvalue weighted by Crippen LogP contribution is -2.12. The zero-order valence-corrected chi connectivity index (χ0v) is 7.03. The summed E-state index contributed by atoms with van der Waals surface area (Å²) in [6.45, 7) is 7.40. The van der Waals surface area contributed by atoms with Crippen molar-refractivity contribution < 1.29 is 9.53 Å². The molecule has 1 rings (SSSR count). The van der Waals surface area contributed by atoms with Crippen molar-refractivity contribution in [1.29, 1.82) is 0 Å². The molecule has 0 amide bonds. The zero-order chi connectivity index (χ0) is 8.43. The van der Waals surface area contributed by atoms with Gasteiger partial charge in [0.25, 0.3) is 0 Å². The molecule has 0 N–H and O–H groups in total. The van der Waals surface area contributed by atoms with Crippen LogP contribution in [0.1, 0.15) is 9.67 Å². The van der Waals surface area contributed by atoms with Crippen LogP contribution < -0.4 is 9.75 Å². The Kier molecular flexibility index (Phi) is 2.10. The van der Waals surface area contributed by atoms with Crippen molar-refractivity contribution in [3.05, 3.63) is 20.7 Å². The molecule has 1 aromatic heterocycles. The van der Waals surface area contributed by atoms with E-state index in [0.29, 0.717) is 4.88 Å². The maximum absolute atomic E-state index is 10.9. The van der Waals surface area contributed by atoms with Crippen molar-refractivity contribution in [3.8, 4) is 0 Å². The van der Waals surface area contributed by atoms with Crippen molar-refractivity contribution in [1.82, 2.24) is 0 Å². The maximum atomic E-state index is 10.9. The van der Waals surface area contributed by atoms with Crippen LogP contribution in [0.15, 0.2) is 6.07 Å². The quantitative estimate of drug-likeness (QED) is 0.566. The predicted octanol–water partition coefficient (Wildman–Crippen LogP) is 0.355. The molecule has 0 fully saturated rings. The highest BCUT2D eigenvalue weighted by molar-refractivity contribution is 7.11. The van der Waals surface area contributed by atoms with Gasteiger partial charge in [0, 0.05) is 4.53 Å². The van der Waals surface area contributed by atoms with Crippen molar-refractivity contribution in [2.45, 2.75) is 0 Å². The summed E-state index contributed by atoms with van der Waals surface area (Å²) in [5.41, 5.74) is 0. The average molecular weight is 168 g/mol. The molecule has 0 saturated heterocycles. The Morgan fingerprint density at radius 1 is 1.64 bits per heavy atom. The highest BCUT2D eigenvalue weighted by Crippen LogP contribution is 2.00. The summed E-state index contributed by atoms with van der Waals surface area (Å²) in [5, 5.41) is 0.787. The lowest BCUT2D eigenvalue weighted by molar-refractivity contribution is 0.0606. The van der Waals surface area contributed by atoms with Crippen LogP contribution in [0.25, 0.3) is 13.2 Å². The number of hydrogen-bond donors (Lipinski definition) is 0. The number of methoxy groups -OCH3 is 1. The van der Waals surface area contributed by atoms with E-state index in [1.165, 1.54) is 18.4 Å². The lowest BCUT2D eigenvalue weighted by Gasteiger charge is -1.90. The van der Waals surface area contributed by atoms with Crippen LogP contribution in [0.4, 0.5) is 0 Å². The van der Waals surface area contributed by atoms with Gasteiger partial charge in [0.05, 0.1) is 7.11 Å². The van der Waals surface area contributed by atoms with Gasteiger partial charge in [-0.25, -0.2) is 4.79 Å². The predicted molar refractivity (Wildman–Crippen MR) is 46.0 cm³/mol. The second kappa shape index (κ2) is 2.88. The summed E-state index contributed by atoms with van der Waals surface area (Å²) in [6.07, 6.45) is 0. The molecule has 3 heteroatoms. The molecule has 2 nitrogen and oxygen atoms in total. The molecule has 1 aromatic rings. The normalized spacial score (nSPS) is 9.55. The van der Waals surface area contributed by atoms with Gasteiger partial charge in [-0.2, -0.15) is 0 Å². The van der Waals surface area contributed by atoms with Gasteiger partial charge in [-0.3, -0.25) is 0 Å². The smallest absolute Gasteiger partial charge is 0.348 e. The van der Waals surface area contributed by atoms with Gasteiger partial charge < -0.3 is 4.74 Å². The minimum atomic E-state index is -0.324. The molecule has 0 unspecified atom stereocenters. The summed E-state index contributed by atoms with van der Waals surface area (Å²) in [7, 11) is 1.35. The molecule has 0 saturated carbocycles. The van der Waals surface area contributed by atoms with E-state index in [2.05, 4.69) is 17.9 Å². The average Bonchev–Trinajstić information content (AvgIpc) is 2.31. The molecule has 0 bridgehead atoms. The molecule has 58 valence electrons. The summed E-state index contributed by atoms with van der Waals surface area (Å²) >= 11 is 1.30. The third-order valence-corrected chi connectivity index (χ3v) is 2.30. The topological polar surface area (TPSA) is 26.3 Å². The number of hydrogen-bond acceptors (Lipinski definition) is 3. The van der Waals surface area contributed by atoms with Gasteiger partial charge in [-0.05, 0) is 11.3 Å². The number of rotatable bonds is 1. The number of esters is 1. The number of ether oxygens (including phenoxy) is 1. The first-order chi connectivity index (χ1) is 5.15. The summed E-state index contributed by atoms with van der Waals surface area (Å²) in [4.78, 5) is 11.5. The van der Waals surface area contributed by atoms with E-state index in [9.17, 15) is 4.79 Å². The minimum Gasteiger partial charge on any atom is -0.465 e. The van der Waals surface area contributed by atoms with Crippen molar-refractivity contribution in [2.24, 2.45) is 0 Å². The molecular weight excluding hydrogens is 160 g/mol. The fraction of sp³-hybridized carbons (Fsp3) is 0.125. The minimum absolute atomic E-state index is 0.324. The molecule has 0 spiro atoms. The second-order valence-electron chi connectivity index (χ2n) is 2.05. The zero-order valence-electron chi connectivity index (χ0n) is 6.22. The first-order valence-corrected chi connectivity index (χ1v) is 3.83. The van der Waals surface area contributed by atoms with E-state index in [1.807, 2.05) is 0 Å². The van der Waals surface area contributed by atoms with E-state index in [0.717, 1.165) is 9.75 Å². The molecule has 0 aliphatic carbocycles. The van der Waals surface area contributed by atoms with Gasteiger partial charge in [0.2, 0.25) is 0 Å². The number of carbonyl (C=O) groups is 1. The molecule has 0 atom stereocenters. The van der Waals surface area contributed by atoms with Gasteiger partial charge in [-0.15, -0.1) is 11.3 Å². The molecule has 0 aliphatic heterocycles. The Labute approximate surface area is 68.4 Å². The van der Waals surface area contributed by atoms with Crippen molar-refractivity contribution in [3.63, 3.8) is 0 Å². The van der Waals surface area contributed by atoms with Gasteiger partial charge >= 0.3 is 5.97 Å². The SMILES string of the molecule is C=c1cc(C(=O)OC)sc1=C. The molecular formula is C8H8O2S. The van der Waals surface area contributed by atoms with Crippen molar-refractivity contribution >= 4 is 30.5 Å². The fourth-order valence-electron chi connectivity index (χ4n) is 0.668. The molecule has 0 radical (unpaired) electrons. The van der Waals surface area contributed by atoms with Crippen LogP contribution >= 0.6 is 11.3 Å². The third kappa shape index (κ3) is 1.49. The van der Waals surface area contributed by atoms with Crippen LogP contribution in [0.3, 0.4) is 0 Å². The highest BCUT2D eigenvalue weighted by Gasteiger charge is 2.05. The summed E-state index contributed by atoms with van der Waals surface area (Å²) in [6, 6.07) is 1.68. The van der Waals surface area contributed by atoms with Crippen LogP contribution in [0, 0.1) is 0 Å². The Bertz CT molecular complexity index is 336. The van der Waals surface area contributed by atoms with Gasteiger partial charge in [0.15, 0.2) is 0 Å². The summed E-state index contributed by atoms with van der Waals surface area (Å²) < 4.78 is 5.33. The van der Waals surface area contributed by atoms with Crippen LogP contribution in [0.5, 0.6) is 0 Å². The van der Waals surface area contributed by atoms with Gasteiger partial charge in [0.1, 0.15) is 4.88 Å². The molecule has 1 heterocycles. The standard InChI is InChI=1S/C8H8O2S/c1-5-4-7(8(9)10-3)11-6(5)2/h4H,1-2H2,3H3. The van der Waals surface area contributed by atoms with E-state index in [1.54, 1.807) is 6.07 Å². The second-order valence-corrected chi connectivity index (χ2v) is 3.19. The first-order valence-electron chi connectivity index (χ1n) is 3.01. The van der Waals surface area contributed by atoms with Crippen molar-refractivity contribution in [2.75, 3.05) is 7.11 Å². The number of carbonyl (C=O) groups excluding carboxylic acids is 1. The van der Waals surface area contributed by atoms with Crippen LogP contribution in [-0.2, 0) is 4.74 Å². The first kappa shape index (κ1) is 8.01. The largest absolute Gasteiger partial charge is 0.465 e. The Hall–Kier alpha value is -1.09. The van der Waals surface area contributed by atoms with E-state index in [-0.39, 0.29) is 5.97 Å². The maximum Gasteiger partial charge on any atom is 0.348 e. The lowest BCUT2D eigenvalue weighted by atomic mass is 10.4.